The van der Waals surface area contributed by atoms with Gasteiger partial charge in [-0.05, 0) is 35.9 Å². The van der Waals surface area contributed by atoms with Gasteiger partial charge in [0.05, 0.1) is 11.1 Å². The summed E-state index contributed by atoms with van der Waals surface area (Å²) in [6.45, 7) is 2.04. The Hall–Kier alpha value is -3.17. The number of benzene rings is 2. The van der Waals surface area contributed by atoms with Crippen LogP contribution in [0.15, 0.2) is 59.6 Å². The van der Waals surface area contributed by atoms with Gasteiger partial charge in [-0.25, -0.2) is 27.7 Å². The lowest BCUT2D eigenvalue weighted by molar-refractivity contribution is 0.568. The lowest BCUT2D eigenvalue weighted by Gasteiger charge is -2.11. The maximum atomic E-state index is 14.2. The van der Waals surface area contributed by atoms with Crippen LogP contribution in [-0.2, 0) is 26.8 Å². The first-order valence-electron chi connectivity index (χ1n) is 9.58. The maximum Gasteiger partial charge on any atom is 0.277 e. The molecule has 0 atom stereocenters. The fourth-order valence-corrected chi connectivity index (χ4v) is 4.06. The van der Waals surface area contributed by atoms with Gasteiger partial charge >= 0.3 is 0 Å². The Morgan fingerprint density at radius 1 is 0.970 bits per heavy atom. The molecule has 0 aliphatic carbocycles. The van der Waals surface area contributed by atoms with Crippen molar-refractivity contribution >= 4 is 43.4 Å². The highest BCUT2D eigenvalue weighted by molar-refractivity contribution is 7.89. The molecule has 2 aromatic carbocycles. The minimum absolute atomic E-state index is 0.0277. The van der Waals surface area contributed by atoms with Crippen molar-refractivity contribution in [1.29, 1.82) is 0 Å². The number of nitrogens with one attached hydrogen (secondary N) is 4. The van der Waals surface area contributed by atoms with E-state index >= 15 is 0 Å². The number of hydrogen-bond acceptors (Lipinski definition) is 8. The molecule has 0 fully saturated rings. The molecule has 11 nitrogen and oxygen atoms in total. The Kier molecular flexibility index (Phi) is 7.55. The molecule has 6 N–H and O–H groups in total. The normalized spacial score (nSPS) is 11.8. The molecule has 0 saturated carbocycles. The number of primary sulfonamides is 1. The first-order chi connectivity index (χ1) is 15.6. The highest BCUT2D eigenvalue weighted by Gasteiger charge is 2.11. The largest absolute Gasteiger partial charge is 0.338 e. The number of anilines is 4. The third-order valence-electron chi connectivity index (χ3n) is 4.18. The zero-order valence-electron chi connectivity index (χ0n) is 17.4. The van der Waals surface area contributed by atoms with Crippen LogP contribution in [0, 0.1) is 5.82 Å². The summed E-state index contributed by atoms with van der Waals surface area (Å²) in [7, 11) is -7.45. The molecular weight excluding hydrogens is 473 g/mol. The lowest BCUT2D eigenvalue weighted by Crippen LogP contribution is -2.35. The van der Waals surface area contributed by atoms with Crippen molar-refractivity contribution in [3.63, 3.8) is 0 Å². The van der Waals surface area contributed by atoms with Crippen LogP contribution in [0.5, 0.6) is 0 Å². The smallest absolute Gasteiger partial charge is 0.277 e. The molecular formula is C19H22FN7O4S2. The first-order valence-corrected chi connectivity index (χ1v) is 12.6. The summed E-state index contributed by atoms with van der Waals surface area (Å²) in [5.41, 5.74) is 1.55. The van der Waals surface area contributed by atoms with Gasteiger partial charge in [0.25, 0.3) is 10.2 Å². The average molecular weight is 496 g/mol. The summed E-state index contributed by atoms with van der Waals surface area (Å²) in [5, 5.41) is 10.8. The fourth-order valence-electron chi connectivity index (χ4n) is 2.66. The average Bonchev–Trinajstić information content (AvgIpc) is 2.75. The molecule has 0 spiro atoms. The molecule has 0 aliphatic rings. The van der Waals surface area contributed by atoms with E-state index in [1.165, 1.54) is 18.2 Å². The number of nitrogens with two attached hydrogens (primary N) is 1. The second-order valence-electron chi connectivity index (χ2n) is 6.73. The van der Waals surface area contributed by atoms with Crippen molar-refractivity contribution in [2.24, 2.45) is 5.14 Å². The van der Waals surface area contributed by atoms with Crippen LogP contribution in [0.4, 0.5) is 27.5 Å². The third-order valence-corrected chi connectivity index (χ3v) is 6.28. The van der Waals surface area contributed by atoms with E-state index in [-0.39, 0.29) is 29.8 Å². The Morgan fingerprint density at radius 3 is 2.36 bits per heavy atom. The Morgan fingerprint density at radius 2 is 1.70 bits per heavy atom. The molecule has 1 aromatic heterocycles. The van der Waals surface area contributed by atoms with Crippen LogP contribution >= 0.6 is 0 Å². The minimum Gasteiger partial charge on any atom is -0.338 e. The molecule has 0 aliphatic heterocycles. The monoisotopic (exact) mass is 495 g/mol. The molecule has 3 rings (SSSR count). The topological polar surface area (TPSA) is 168 Å². The van der Waals surface area contributed by atoms with Gasteiger partial charge in [0.2, 0.25) is 16.0 Å². The van der Waals surface area contributed by atoms with E-state index in [2.05, 4.69) is 30.0 Å². The second-order valence-corrected chi connectivity index (χ2v) is 9.88. The molecule has 0 saturated heterocycles. The lowest BCUT2D eigenvalue weighted by atomic mass is 10.2. The van der Waals surface area contributed by atoms with Gasteiger partial charge in [-0.3, -0.25) is 0 Å². The van der Waals surface area contributed by atoms with Crippen LogP contribution in [0.1, 0.15) is 12.5 Å². The van der Waals surface area contributed by atoms with Gasteiger partial charge in [0.15, 0.2) is 11.6 Å². The van der Waals surface area contributed by atoms with E-state index in [0.717, 1.165) is 6.20 Å². The van der Waals surface area contributed by atoms with Crippen molar-refractivity contribution in [2.75, 3.05) is 17.2 Å². The van der Waals surface area contributed by atoms with Gasteiger partial charge in [0, 0.05) is 24.5 Å². The number of nitrogens with zero attached hydrogens (tertiary/aromatic N) is 2. The van der Waals surface area contributed by atoms with Crippen LogP contribution < -0.4 is 25.2 Å². The third kappa shape index (κ3) is 7.16. The van der Waals surface area contributed by atoms with Crippen LogP contribution in [0.2, 0.25) is 0 Å². The molecule has 176 valence electrons. The van der Waals surface area contributed by atoms with Gasteiger partial charge in [-0.15, -0.1) is 0 Å². The predicted octanol–water partition coefficient (Wildman–Crippen LogP) is 1.69. The molecule has 14 heteroatoms. The number of hydrogen-bond donors (Lipinski definition) is 5. The summed E-state index contributed by atoms with van der Waals surface area (Å²) >= 11 is 0. The number of sulfonamides is 1. The fraction of sp³-hybridized carbons (Fsp3) is 0.158. The SMILES string of the molecule is CCNS(=O)(=O)NCc1ccc(Nc2nc(Nc3cccc(S(N)(=O)=O)c3)ncc2F)cc1. The Balaban J connectivity index is 1.70. The van der Waals surface area contributed by atoms with E-state index < -0.39 is 26.0 Å². The van der Waals surface area contributed by atoms with Crippen molar-refractivity contribution in [2.45, 2.75) is 18.4 Å². The molecule has 0 unspecified atom stereocenters. The highest BCUT2D eigenvalue weighted by Crippen LogP contribution is 2.22. The quantitative estimate of drug-likeness (QED) is 0.283. The summed E-state index contributed by atoms with van der Waals surface area (Å²) in [4.78, 5) is 7.84. The first kappa shape index (κ1) is 24.5. The molecule has 33 heavy (non-hydrogen) atoms. The van der Waals surface area contributed by atoms with E-state index in [1.54, 1.807) is 37.3 Å². The van der Waals surface area contributed by atoms with E-state index in [1.807, 2.05) is 0 Å². The molecule has 3 aromatic rings. The Labute approximate surface area is 190 Å². The van der Waals surface area contributed by atoms with Crippen molar-refractivity contribution in [1.82, 2.24) is 19.4 Å². The molecule has 0 radical (unpaired) electrons. The van der Waals surface area contributed by atoms with Crippen LogP contribution in [-0.4, -0.2) is 33.3 Å². The summed E-state index contributed by atoms with van der Waals surface area (Å²) in [6.07, 6.45) is 0.963. The van der Waals surface area contributed by atoms with E-state index in [0.29, 0.717) is 16.9 Å². The zero-order chi connectivity index (χ0) is 24.1. The number of halogens is 1. The van der Waals surface area contributed by atoms with Gasteiger partial charge in [-0.2, -0.15) is 18.1 Å². The van der Waals surface area contributed by atoms with E-state index in [4.69, 9.17) is 5.14 Å². The summed E-state index contributed by atoms with van der Waals surface area (Å²) in [6, 6.07) is 12.3. The minimum atomic E-state index is -3.89. The predicted molar refractivity (Wildman–Crippen MR) is 122 cm³/mol. The van der Waals surface area contributed by atoms with Crippen LogP contribution in [0.25, 0.3) is 0 Å². The number of rotatable bonds is 10. The standard InChI is InChI=1S/C19H22FN7O4S2/c1-2-23-33(30,31)24-11-13-6-8-14(9-7-13)25-18-17(20)12-22-19(27-18)26-15-4-3-5-16(10-15)32(21,28)29/h3-10,12,23-24H,2,11H2,1H3,(H2,21,28,29)(H2,22,25,26,27). The van der Waals surface area contributed by atoms with Crippen molar-refractivity contribution < 1.29 is 21.2 Å². The van der Waals surface area contributed by atoms with Gasteiger partial charge < -0.3 is 10.6 Å². The van der Waals surface area contributed by atoms with Crippen molar-refractivity contribution in [3.8, 4) is 0 Å². The number of aromatic nitrogens is 2. The van der Waals surface area contributed by atoms with Crippen LogP contribution in [0.3, 0.4) is 0 Å². The summed E-state index contributed by atoms with van der Waals surface area (Å²) in [5.74, 6) is -0.795. The highest BCUT2D eigenvalue weighted by atomic mass is 32.2. The molecule has 0 bridgehead atoms. The maximum absolute atomic E-state index is 14.2. The van der Waals surface area contributed by atoms with Gasteiger partial charge in [-0.1, -0.05) is 25.1 Å². The Bertz CT molecular complexity index is 1330. The van der Waals surface area contributed by atoms with E-state index in [9.17, 15) is 21.2 Å². The zero-order valence-corrected chi connectivity index (χ0v) is 19.0. The molecule has 0 amide bonds. The summed E-state index contributed by atoms with van der Waals surface area (Å²) < 4.78 is 65.3. The molecule has 1 heterocycles. The second kappa shape index (κ2) is 10.2. The van der Waals surface area contributed by atoms with Gasteiger partial charge in [0.1, 0.15) is 0 Å². The van der Waals surface area contributed by atoms with Crippen molar-refractivity contribution in [3.05, 3.63) is 66.1 Å².